The maximum absolute atomic E-state index is 14.6. The predicted octanol–water partition coefficient (Wildman–Crippen LogP) is 9.54. The van der Waals surface area contributed by atoms with Gasteiger partial charge in [-0.1, -0.05) is 82.3 Å². The predicted molar refractivity (Wildman–Crippen MR) is 281 cm³/mol. The molecular weight excluding hydrogens is 957 g/mol. The Balaban J connectivity index is 0.847. The number of amides is 5. The molecule has 0 unspecified atom stereocenters. The fourth-order valence-corrected chi connectivity index (χ4v) is 10.4. The van der Waals surface area contributed by atoms with E-state index in [0.29, 0.717) is 49.8 Å². The summed E-state index contributed by atoms with van der Waals surface area (Å²) in [6.45, 7) is 19.7. The Labute approximate surface area is 438 Å². The molecule has 9 rings (SSSR count). The average Bonchev–Trinajstić information content (AvgIpc) is 4.22. The maximum atomic E-state index is 14.6. The van der Waals surface area contributed by atoms with Gasteiger partial charge in [0.2, 0.25) is 18.6 Å². The molecule has 2 fully saturated rings. The van der Waals surface area contributed by atoms with Crippen LogP contribution in [0.3, 0.4) is 0 Å². The number of carbonyl (C=O) groups is 5. The van der Waals surface area contributed by atoms with E-state index in [1.54, 1.807) is 57.5 Å². The number of aliphatic imine (C=N–C) groups is 1. The second kappa shape index (κ2) is 21.1. The summed E-state index contributed by atoms with van der Waals surface area (Å²) in [4.78, 5) is 86.2. The van der Waals surface area contributed by atoms with Crippen molar-refractivity contribution in [2.45, 2.75) is 149 Å². The van der Waals surface area contributed by atoms with Gasteiger partial charge in [-0.3, -0.25) is 19.5 Å². The van der Waals surface area contributed by atoms with Crippen molar-refractivity contribution in [3.8, 4) is 33.9 Å². The van der Waals surface area contributed by atoms with Crippen molar-refractivity contribution in [2.75, 3.05) is 19.9 Å². The molecule has 5 aliphatic heterocycles. The zero-order valence-electron chi connectivity index (χ0n) is 44.7. The lowest BCUT2D eigenvalue weighted by molar-refractivity contribution is -0.136. The van der Waals surface area contributed by atoms with Crippen LogP contribution in [0.5, 0.6) is 11.5 Å². The number of hydrogen-bond acceptors (Lipinski definition) is 12. The number of hydrogen-bond donors (Lipinski definition) is 3. The molecule has 5 atom stereocenters. The van der Waals surface area contributed by atoms with Gasteiger partial charge in [-0.2, -0.15) is 0 Å². The van der Waals surface area contributed by atoms with Crippen LogP contribution in [-0.4, -0.2) is 116 Å². The van der Waals surface area contributed by atoms with Crippen molar-refractivity contribution < 1.29 is 47.7 Å². The summed E-state index contributed by atoms with van der Waals surface area (Å²) in [5.41, 5.74) is 6.98. The van der Waals surface area contributed by atoms with Crippen LogP contribution in [0.1, 0.15) is 123 Å². The number of nitrogens with one attached hydrogen (secondary N) is 3. The number of fused-ring (bicyclic) bond motifs is 3. The van der Waals surface area contributed by atoms with Gasteiger partial charge < -0.3 is 49.1 Å². The lowest BCUT2D eigenvalue weighted by atomic mass is 9.95. The number of likely N-dealkylation sites (tertiary alicyclic amines) is 2. The molecule has 3 aromatic carbocycles. The number of aromatic nitrogens is 2. The summed E-state index contributed by atoms with van der Waals surface area (Å²) in [6, 6.07) is 17.9. The van der Waals surface area contributed by atoms with Crippen LogP contribution in [-0.2, 0) is 36.9 Å². The molecule has 0 bridgehead atoms. The Bertz CT molecular complexity index is 2880. The van der Waals surface area contributed by atoms with Crippen LogP contribution in [0.25, 0.3) is 28.0 Å². The lowest BCUT2D eigenvalue weighted by Gasteiger charge is -2.31. The quantitative estimate of drug-likeness (QED) is 0.114. The number of rotatable bonds is 12. The van der Waals surface area contributed by atoms with Gasteiger partial charge in [0.15, 0.2) is 11.5 Å². The molecule has 18 nitrogen and oxygen atoms in total. The summed E-state index contributed by atoms with van der Waals surface area (Å²) in [6.07, 6.45) is 3.60. The van der Waals surface area contributed by atoms with Crippen LogP contribution in [0.2, 0.25) is 0 Å². The highest BCUT2D eigenvalue weighted by Crippen LogP contribution is 2.42. The van der Waals surface area contributed by atoms with Gasteiger partial charge in [0, 0.05) is 43.4 Å². The normalized spacial score (nSPS) is 19.9. The van der Waals surface area contributed by atoms with Crippen molar-refractivity contribution in [2.24, 2.45) is 16.8 Å². The molecule has 6 heterocycles. The first kappa shape index (κ1) is 52.5. The number of benzene rings is 3. The Morgan fingerprint density at radius 1 is 0.733 bits per heavy atom. The third-order valence-electron chi connectivity index (χ3n) is 14.1. The largest absolute Gasteiger partial charge is 0.454 e. The highest BCUT2D eigenvalue weighted by molar-refractivity contribution is 6.04. The molecule has 1 aromatic heterocycles. The Hall–Kier alpha value is -7.37. The summed E-state index contributed by atoms with van der Waals surface area (Å²) in [5, 5.41) is 5.62. The monoisotopic (exact) mass is 1030 g/mol. The molecule has 0 radical (unpaired) electrons. The molecule has 0 saturated carbocycles. The Morgan fingerprint density at radius 3 is 1.95 bits per heavy atom. The SMILES string of the molecule is CC(C)[C@H](NC(=O)OC(C)(C)C)C(=O)N1C[C@H](OC(=O)N2Cc3ccc4c(c3C2)OCO4)C[C@H]1C1=NC=C(c2ccc(-c3ccc(-c4cnc([C@@H]5CCCN5C(=O)[C@@H](NC(=O)OC(C)(C)C)C(C)C)[nH]4)cc3)cc2)C1. The fourth-order valence-electron chi connectivity index (χ4n) is 10.4. The first-order valence-corrected chi connectivity index (χ1v) is 26.1. The topological polar surface area (TPSA) is 206 Å². The van der Waals surface area contributed by atoms with E-state index in [1.807, 2.05) is 63.1 Å². The number of nitrogens with zero attached hydrogens (tertiary/aromatic N) is 5. The number of allylic oxidation sites excluding steroid dienone is 1. The molecule has 398 valence electrons. The van der Waals surface area contributed by atoms with E-state index in [0.717, 1.165) is 63.2 Å². The van der Waals surface area contributed by atoms with E-state index in [4.69, 9.17) is 33.7 Å². The van der Waals surface area contributed by atoms with Gasteiger partial charge >= 0.3 is 18.3 Å². The average molecular weight is 1030 g/mol. The maximum Gasteiger partial charge on any atom is 0.410 e. The van der Waals surface area contributed by atoms with Crippen LogP contribution in [0.4, 0.5) is 14.4 Å². The van der Waals surface area contributed by atoms with Gasteiger partial charge in [-0.25, -0.2) is 19.4 Å². The van der Waals surface area contributed by atoms with Crippen LogP contribution < -0.4 is 20.1 Å². The molecular formula is C57H70N8O10. The van der Waals surface area contributed by atoms with Crippen LogP contribution in [0, 0.1) is 11.8 Å². The first-order chi connectivity index (χ1) is 35.6. The van der Waals surface area contributed by atoms with E-state index in [-0.39, 0.29) is 43.0 Å². The van der Waals surface area contributed by atoms with Gasteiger partial charge in [-0.15, -0.1) is 0 Å². The molecule has 18 heteroatoms. The molecule has 0 spiro atoms. The third-order valence-corrected chi connectivity index (χ3v) is 14.1. The van der Waals surface area contributed by atoms with Crippen molar-refractivity contribution in [1.29, 1.82) is 0 Å². The highest BCUT2D eigenvalue weighted by Gasteiger charge is 2.45. The standard InChI is InChI=1S/C57H70N8O10/c1-32(2)47(61-53(68)74-56(5,6)7)51(66)64-23-11-12-44(64)50-59-27-43(60-50)37-19-17-35(18-20-37)34-13-15-36(16-14-34)39-24-42(58-26-39)45-25-40(29-65(45)52(67)48(33(3)4)62-54(69)75-57(8,9)10)73-55(70)63-28-38-21-22-46-49(41(38)30-63)72-31-71-46/h13-22,26-27,32-33,40,44-45,47-48H,11-12,23-25,28-31H2,1-10H3,(H,59,60)(H,61,68)(H,62,69)/t40-,44+,45+,47+,48+/m1/s1. The molecule has 0 aliphatic carbocycles. The number of aromatic amines is 1. The molecule has 5 aliphatic rings. The van der Waals surface area contributed by atoms with E-state index in [1.165, 1.54) is 0 Å². The summed E-state index contributed by atoms with van der Waals surface area (Å²) < 4.78 is 28.5. The summed E-state index contributed by atoms with van der Waals surface area (Å²) in [5.74, 6) is 1.13. The van der Waals surface area contributed by atoms with E-state index >= 15 is 0 Å². The zero-order chi connectivity index (χ0) is 53.5. The Morgan fingerprint density at radius 2 is 1.33 bits per heavy atom. The lowest BCUT2D eigenvalue weighted by Crippen LogP contribution is -2.54. The number of alkyl carbamates (subject to hydrolysis) is 2. The smallest absolute Gasteiger partial charge is 0.410 e. The number of imidazole rings is 1. The van der Waals surface area contributed by atoms with Crippen molar-refractivity contribution in [3.05, 3.63) is 95.6 Å². The van der Waals surface area contributed by atoms with Crippen molar-refractivity contribution in [3.63, 3.8) is 0 Å². The molecule has 5 amide bonds. The minimum atomic E-state index is -0.901. The summed E-state index contributed by atoms with van der Waals surface area (Å²) in [7, 11) is 0. The number of H-pyrrole nitrogens is 1. The Kier molecular flexibility index (Phi) is 14.8. The molecule has 3 N–H and O–H groups in total. The van der Waals surface area contributed by atoms with Crippen molar-refractivity contribution >= 4 is 41.4 Å². The van der Waals surface area contributed by atoms with E-state index in [9.17, 15) is 24.0 Å². The number of ether oxygens (including phenoxy) is 5. The van der Waals surface area contributed by atoms with Crippen molar-refractivity contribution in [1.82, 2.24) is 35.3 Å². The highest BCUT2D eigenvalue weighted by atomic mass is 16.7. The first-order valence-electron chi connectivity index (χ1n) is 26.1. The second-order valence-electron chi connectivity index (χ2n) is 22.8. The van der Waals surface area contributed by atoms with Gasteiger partial charge in [0.25, 0.3) is 0 Å². The third kappa shape index (κ3) is 11.8. The van der Waals surface area contributed by atoms with E-state index < -0.39 is 53.7 Å². The zero-order valence-corrected chi connectivity index (χ0v) is 44.7. The molecule has 4 aromatic rings. The minimum Gasteiger partial charge on any atom is -0.454 e. The van der Waals surface area contributed by atoms with Crippen LogP contribution in [0.15, 0.2) is 78.1 Å². The fraction of sp³-hybridized carbons (Fsp3) is 0.491. The molecule has 2 saturated heterocycles. The molecule has 75 heavy (non-hydrogen) atoms. The van der Waals surface area contributed by atoms with E-state index in [2.05, 4.69) is 52.0 Å². The summed E-state index contributed by atoms with van der Waals surface area (Å²) >= 11 is 0. The second-order valence-corrected chi connectivity index (χ2v) is 22.8. The minimum absolute atomic E-state index is 0.126. The number of carbonyl (C=O) groups excluding carboxylic acids is 5. The van der Waals surface area contributed by atoms with Gasteiger partial charge in [0.05, 0.1) is 37.1 Å². The van der Waals surface area contributed by atoms with Crippen LogP contribution >= 0.6 is 0 Å². The van der Waals surface area contributed by atoms with Gasteiger partial charge in [0.1, 0.15) is 35.2 Å². The van der Waals surface area contributed by atoms with Gasteiger partial charge in [-0.05, 0) is 106 Å².